The van der Waals surface area contributed by atoms with Gasteiger partial charge in [-0.2, -0.15) is 0 Å². The number of amides is 1. The molecule has 0 aliphatic carbocycles. The summed E-state index contributed by atoms with van der Waals surface area (Å²) >= 11 is 0. The third-order valence-corrected chi connectivity index (χ3v) is 5.64. The molecule has 1 aliphatic rings. The molecule has 1 fully saturated rings. The van der Waals surface area contributed by atoms with Gasteiger partial charge in [-0.05, 0) is 61.5 Å². The molecule has 0 radical (unpaired) electrons. The van der Waals surface area contributed by atoms with E-state index in [0.29, 0.717) is 5.41 Å². The lowest BCUT2D eigenvalue weighted by molar-refractivity contribution is 0.0907. The van der Waals surface area contributed by atoms with Crippen molar-refractivity contribution in [3.8, 4) is 0 Å². The van der Waals surface area contributed by atoms with Gasteiger partial charge in [-0.15, -0.1) is 0 Å². The van der Waals surface area contributed by atoms with Crippen molar-refractivity contribution in [2.24, 2.45) is 5.41 Å². The van der Waals surface area contributed by atoms with Crippen LogP contribution in [0.3, 0.4) is 0 Å². The molecule has 122 valence electrons. The van der Waals surface area contributed by atoms with Gasteiger partial charge >= 0.3 is 0 Å². The number of hydrogen-bond acceptors (Lipinski definition) is 2. The monoisotopic (exact) mass is 302 g/mol. The number of likely N-dealkylation sites (tertiary alicyclic amines) is 1. The molecule has 3 nitrogen and oxygen atoms in total. The van der Waals surface area contributed by atoms with E-state index in [4.69, 9.17) is 0 Å². The third kappa shape index (κ3) is 3.70. The summed E-state index contributed by atoms with van der Waals surface area (Å²) in [6.45, 7) is 10.2. The summed E-state index contributed by atoms with van der Waals surface area (Å²) < 4.78 is 0. The molecule has 0 aromatic heterocycles. The Morgan fingerprint density at radius 2 is 1.86 bits per heavy atom. The van der Waals surface area contributed by atoms with Crippen molar-refractivity contribution in [3.63, 3.8) is 0 Å². The molecule has 1 N–H and O–H groups in total. The molecule has 1 heterocycles. The summed E-state index contributed by atoms with van der Waals surface area (Å²) in [6.07, 6.45) is 5.24. The van der Waals surface area contributed by atoms with Crippen LogP contribution >= 0.6 is 0 Å². The van der Waals surface area contributed by atoms with Crippen LogP contribution in [0.2, 0.25) is 0 Å². The van der Waals surface area contributed by atoms with Gasteiger partial charge in [0.15, 0.2) is 0 Å². The van der Waals surface area contributed by atoms with Crippen molar-refractivity contribution < 1.29 is 4.79 Å². The number of hydrogen-bond donors (Lipinski definition) is 1. The molecule has 1 amide bonds. The molecule has 0 unspecified atom stereocenters. The van der Waals surface area contributed by atoms with Crippen LogP contribution in [0, 0.1) is 12.3 Å². The molecule has 1 saturated heterocycles. The Bertz CT molecular complexity index is 510. The lowest BCUT2D eigenvalue weighted by atomic mass is 9.74. The van der Waals surface area contributed by atoms with Crippen molar-refractivity contribution in [1.82, 2.24) is 10.2 Å². The molecule has 1 aromatic rings. The van der Waals surface area contributed by atoms with Crippen LogP contribution in [0.15, 0.2) is 18.2 Å². The Morgan fingerprint density at radius 1 is 1.23 bits per heavy atom. The van der Waals surface area contributed by atoms with Gasteiger partial charge < -0.3 is 5.32 Å². The first-order valence-electron chi connectivity index (χ1n) is 8.57. The molecule has 0 saturated carbocycles. The third-order valence-electron chi connectivity index (χ3n) is 5.64. The number of rotatable bonds is 5. The number of carbonyl (C=O) groups excluding carboxylic acids is 1. The van der Waals surface area contributed by atoms with E-state index >= 15 is 0 Å². The minimum atomic E-state index is -0.0108. The smallest absolute Gasteiger partial charge is 0.251 e. The predicted molar refractivity (Wildman–Crippen MR) is 92.1 cm³/mol. The number of nitrogens with zero attached hydrogens (tertiary/aromatic N) is 1. The summed E-state index contributed by atoms with van der Waals surface area (Å²) in [5.74, 6) is -0.0108. The molecule has 0 spiro atoms. The second kappa shape index (κ2) is 7.28. The molecule has 3 heteroatoms. The number of carbonyl (C=O) groups is 1. The van der Waals surface area contributed by atoms with Gasteiger partial charge in [-0.25, -0.2) is 0 Å². The van der Waals surface area contributed by atoms with E-state index in [1.54, 1.807) is 7.05 Å². The minimum Gasteiger partial charge on any atom is -0.355 e. The van der Waals surface area contributed by atoms with Gasteiger partial charge in [0.25, 0.3) is 5.91 Å². The van der Waals surface area contributed by atoms with Crippen LogP contribution in [-0.4, -0.2) is 30.9 Å². The highest BCUT2D eigenvalue weighted by atomic mass is 16.1. The quantitative estimate of drug-likeness (QED) is 0.898. The van der Waals surface area contributed by atoms with Crippen LogP contribution < -0.4 is 5.32 Å². The Morgan fingerprint density at radius 3 is 2.36 bits per heavy atom. The summed E-state index contributed by atoms with van der Waals surface area (Å²) in [4.78, 5) is 14.2. The molecule has 2 rings (SSSR count). The molecule has 0 atom stereocenters. The van der Waals surface area contributed by atoms with Crippen molar-refractivity contribution in [2.45, 2.75) is 53.0 Å². The Labute approximate surface area is 135 Å². The highest BCUT2D eigenvalue weighted by Gasteiger charge is 2.31. The SMILES string of the molecule is CCC1(CC)CCN(Cc2ccc(C(=O)NC)cc2C)CC1. The normalized spacial score (nSPS) is 18.2. The fourth-order valence-corrected chi connectivity index (χ4v) is 3.54. The van der Waals surface area contributed by atoms with Gasteiger partial charge in [-0.3, -0.25) is 9.69 Å². The average molecular weight is 302 g/mol. The van der Waals surface area contributed by atoms with Crippen LogP contribution in [-0.2, 0) is 6.54 Å². The van der Waals surface area contributed by atoms with E-state index < -0.39 is 0 Å². The summed E-state index contributed by atoms with van der Waals surface area (Å²) in [5.41, 5.74) is 3.88. The maximum Gasteiger partial charge on any atom is 0.251 e. The first-order chi connectivity index (χ1) is 10.5. The van der Waals surface area contributed by atoms with Gasteiger partial charge in [0.2, 0.25) is 0 Å². The molecule has 0 bridgehead atoms. The van der Waals surface area contributed by atoms with Gasteiger partial charge in [-0.1, -0.05) is 32.8 Å². The van der Waals surface area contributed by atoms with E-state index in [0.717, 1.165) is 12.1 Å². The zero-order valence-corrected chi connectivity index (χ0v) is 14.5. The largest absolute Gasteiger partial charge is 0.355 e. The van der Waals surface area contributed by atoms with Crippen LogP contribution in [0.5, 0.6) is 0 Å². The van der Waals surface area contributed by atoms with Gasteiger partial charge in [0, 0.05) is 19.2 Å². The Kier molecular flexibility index (Phi) is 5.63. The predicted octanol–water partition coefficient (Wildman–Crippen LogP) is 3.76. The number of aryl methyl sites for hydroxylation is 1. The summed E-state index contributed by atoms with van der Waals surface area (Å²) in [7, 11) is 1.67. The fraction of sp³-hybridized carbons (Fsp3) is 0.632. The lowest BCUT2D eigenvalue weighted by Gasteiger charge is -2.41. The van der Waals surface area contributed by atoms with E-state index in [2.05, 4.69) is 37.1 Å². The summed E-state index contributed by atoms with van der Waals surface area (Å²) in [6, 6.07) is 6.05. The average Bonchev–Trinajstić information content (AvgIpc) is 2.57. The highest BCUT2D eigenvalue weighted by Crippen LogP contribution is 2.38. The Balaban J connectivity index is 1.99. The topological polar surface area (TPSA) is 32.3 Å². The standard InChI is InChI=1S/C19H30N2O/c1-5-19(6-2)9-11-21(12-10-19)14-17-8-7-16(13-15(17)3)18(22)20-4/h7-8,13H,5-6,9-12,14H2,1-4H3,(H,20,22). The van der Waals surface area contributed by atoms with Crippen molar-refractivity contribution in [3.05, 3.63) is 34.9 Å². The summed E-state index contributed by atoms with van der Waals surface area (Å²) in [5, 5.41) is 2.68. The number of piperidine rings is 1. The molecule has 22 heavy (non-hydrogen) atoms. The lowest BCUT2D eigenvalue weighted by Crippen LogP contribution is -2.39. The van der Waals surface area contributed by atoms with E-state index in [-0.39, 0.29) is 5.91 Å². The van der Waals surface area contributed by atoms with Crippen molar-refractivity contribution in [2.75, 3.05) is 20.1 Å². The second-order valence-corrected chi connectivity index (χ2v) is 6.70. The molecular formula is C19H30N2O. The first kappa shape index (κ1) is 17.0. The Hall–Kier alpha value is -1.35. The number of nitrogens with one attached hydrogen (secondary N) is 1. The number of benzene rings is 1. The highest BCUT2D eigenvalue weighted by molar-refractivity contribution is 5.94. The molecular weight excluding hydrogens is 272 g/mol. The van der Waals surface area contributed by atoms with E-state index in [1.807, 2.05) is 12.1 Å². The van der Waals surface area contributed by atoms with Gasteiger partial charge in [0.05, 0.1) is 0 Å². The molecule has 1 aromatic carbocycles. The maximum atomic E-state index is 11.7. The van der Waals surface area contributed by atoms with E-state index in [1.165, 1.54) is 49.9 Å². The van der Waals surface area contributed by atoms with Crippen LogP contribution in [0.1, 0.15) is 61.0 Å². The first-order valence-corrected chi connectivity index (χ1v) is 8.57. The fourth-order valence-electron chi connectivity index (χ4n) is 3.54. The van der Waals surface area contributed by atoms with Crippen molar-refractivity contribution in [1.29, 1.82) is 0 Å². The zero-order valence-electron chi connectivity index (χ0n) is 14.5. The maximum absolute atomic E-state index is 11.7. The minimum absolute atomic E-state index is 0.0108. The van der Waals surface area contributed by atoms with Crippen LogP contribution in [0.4, 0.5) is 0 Å². The zero-order chi connectivity index (χ0) is 16.2. The van der Waals surface area contributed by atoms with Gasteiger partial charge in [0.1, 0.15) is 0 Å². The van der Waals surface area contributed by atoms with Crippen LogP contribution in [0.25, 0.3) is 0 Å². The van der Waals surface area contributed by atoms with E-state index in [9.17, 15) is 4.79 Å². The van der Waals surface area contributed by atoms with Crippen molar-refractivity contribution >= 4 is 5.91 Å². The second-order valence-electron chi connectivity index (χ2n) is 6.70. The molecule has 1 aliphatic heterocycles.